The molecule has 0 radical (unpaired) electrons. The summed E-state index contributed by atoms with van der Waals surface area (Å²) in [6.07, 6.45) is 2.53. The fraction of sp³-hybridized carbons (Fsp3) is 0.286. The molecule has 4 nitrogen and oxygen atoms in total. The number of aromatic nitrogens is 1. The van der Waals surface area contributed by atoms with Crippen molar-refractivity contribution in [3.8, 4) is 0 Å². The van der Waals surface area contributed by atoms with Gasteiger partial charge in [-0.05, 0) is 37.5 Å². The van der Waals surface area contributed by atoms with Gasteiger partial charge in [-0.15, -0.1) is 11.3 Å². The van der Waals surface area contributed by atoms with Gasteiger partial charge in [-0.2, -0.15) is 0 Å². The van der Waals surface area contributed by atoms with E-state index in [2.05, 4.69) is 10.3 Å². The van der Waals surface area contributed by atoms with Gasteiger partial charge < -0.3 is 5.73 Å². The van der Waals surface area contributed by atoms with E-state index in [9.17, 15) is 9.18 Å². The minimum atomic E-state index is -0.617. The molecule has 0 spiro atoms. The highest BCUT2D eigenvalue weighted by atomic mass is 35.5. The number of fused-ring (bicyclic) bond motifs is 1. The normalized spacial score (nSPS) is 17.4. The van der Waals surface area contributed by atoms with Crippen molar-refractivity contribution in [3.63, 3.8) is 0 Å². The number of anilines is 1. The summed E-state index contributed by atoms with van der Waals surface area (Å²) in [6.45, 7) is 0. The van der Waals surface area contributed by atoms with Crippen LogP contribution in [0.4, 0.5) is 9.52 Å². The molecule has 1 amide bonds. The molecule has 0 unspecified atom stereocenters. The number of carbonyl (C=O) groups excluding carboxylic acids is 1. The van der Waals surface area contributed by atoms with Gasteiger partial charge in [0.05, 0.1) is 10.7 Å². The molecule has 0 aliphatic heterocycles. The number of nitrogens with two attached hydrogens (primary N) is 1. The second kappa shape index (κ2) is 5.71. The zero-order chi connectivity index (χ0) is 15.0. The maximum atomic E-state index is 13.4. The lowest BCUT2D eigenvalue weighted by Gasteiger charge is -2.15. The van der Waals surface area contributed by atoms with Crippen molar-refractivity contribution >= 4 is 34.0 Å². The lowest BCUT2D eigenvalue weighted by Crippen LogP contribution is -2.27. The van der Waals surface area contributed by atoms with E-state index in [1.807, 2.05) is 0 Å². The number of rotatable bonds is 2. The van der Waals surface area contributed by atoms with Crippen LogP contribution in [0.3, 0.4) is 0 Å². The third kappa shape index (κ3) is 3.07. The predicted molar refractivity (Wildman–Crippen MR) is 81.5 cm³/mol. The molecule has 0 bridgehead atoms. The van der Waals surface area contributed by atoms with Crippen LogP contribution in [0.2, 0.25) is 5.02 Å². The Morgan fingerprint density at radius 3 is 3.10 bits per heavy atom. The fourth-order valence-electron chi connectivity index (χ4n) is 2.26. The van der Waals surface area contributed by atoms with E-state index in [0.717, 1.165) is 35.9 Å². The van der Waals surface area contributed by atoms with Gasteiger partial charge in [0.1, 0.15) is 5.82 Å². The van der Waals surface area contributed by atoms with Gasteiger partial charge in [-0.1, -0.05) is 11.6 Å². The number of carbonyl (C=O) groups is 1. The van der Waals surface area contributed by atoms with E-state index < -0.39 is 11.7 Å². The number of amides is 1. The third-order valence-corrected chi connectivity index (χ3v) is 4.72. The van der Waals surface area contributed by atoms with Gasteiger partial charge in [-0.3, -0.25) is 10.1 Å². The van der Waals surface area contributed by atoms with Gasteiger partial charge >= 0.3 is 0 Å². The van der Waals surface area contributed by atoms with E-state index >= 15 is 0 Å². The van der Waals surface area contributed by atoms with Gasteiger partial charge in [-0.25, -0.2) is 9.37 Å². The third-order valence-electron chi connectivity index (χ3n) is 3.38. The van der Waals surface area contributed by atoms with Crippen molar-refractivity contribution in [1.29, 1.82) is 0 Å². The first-order valence-corrected chi connectivity index (χ1v) is 7.73. The Labute approximate surface area is 130 Å². The van der Waals surface area contributed by atoms with Gasteiger partial charge in [0.15, 0.2) is 5.13 Å². The molecule has 1 heterocycles. The van der Waals surface area contributed by atoms with Crippen LogP contribution < -0.4 is 11.1 Å². The predicted octanol–water partition coefficient (Wildman–Crippen LogP) is 3.00. The van der Waals surface area contributed by atoms with Crippen molar-refractivity contribution in [2.75, 3.05) is 5.32 Å². The molecule has 1 atom stereocenters. The number of nitrogens with one attached hydrogen (secondary N) is 1. The molecular weight excluding hydrogens is 313 g/mol. The van der Waals surface area contributed by atoms with Crippen LogP contribution >= 0.6 is 22.9 Å². The van der Waals surface area contributed by atoms with E-state index in [1.165, 1.54) is 23.5 Å². The van der Waals surface area contributed by atoms with E-state index in [1.54, 1.807) is 0 Å². The van der Waals surface area contributed by atoms with Crippen LogP contribution in [-0.2, 0) is 12.8 Å². The maximum absolute atomic E-state index is 13.4. The van der Waals surface area contributed by atoms with E-state index in [0.29, 0.717) is 5.13 Å². The topological polar surface area (TPSA) is 68.0 Å². The Balaban J connectivity index is 1.77. The molecule has 0 fully saturated rings. The lowest BCUT2D eigenvalue weighted by molar-refractivity contribution is 0.102. The van der Waals surface area contributed by atoms with Crippen molar-refractivity contribution in [3.05, 3.63) is 45.2 Å². The average Bonchev–Trinajstić information content (AvgIpc) is 2.83. The summed E-state index contributed by atoms with van der Waals surface area (Å²) >= 11 is 7.03. The lowest BCUT2D eigenvalue weighted by atomic mass is 9.99. The summed E-state index contributed by atoms with van der Waals surface area (Å²) in [5.74, 6) is -1.02. The standard InChI is InChI=1S/C14H13ClFN3OS/c15-9-3-1-7(5-10(9)16)13(20)19-14-18-11-4-2-8(17)6-12(11)21-14/h1,3,5,8H,2,4,6,17H2,(H,18,19,20)/t8-/m0/s1. The van der Waals surface area contributed by atoms with Crippen molar-refractivity contribution in [2.24, 2.45) is 5.73 Å². The van der Waals surface area contributed by atoms with Crippen LogP contribution in [0.25, 0.3) is 0 Å². The van der Waals surface area contributed by atoms with Gasteiger partial charge in [0.2, 0.25) is 0 Å². The number of nitrogens with zero attached hydrogens (tertiary/aromatic N) is 1. The molecule has 2 aromatic rings. The quantitative estimate of drug-likeness (QED) is 0.892. The maximum Gasteiger partial charge on any atom is 0.257 e. The summed E-state index contributed by atoms with van der Waals surface area (Å²) in [7, 11) is 0. The number of hydrogen-bond donors (Lipinski definition) is 2. The molecule has 7 heteroatoms. The highest BCUT2D eigenvalue weighted by Crippen LogP contribution is 2.29. The summed E-state index contributed by atoms with van der Waals surface area (Å²) in [4.78, 5) is 17.6. The monoisotopic (exact) mass is 325 g/mol. The smallest absolute Gasteiger partial charge is 0.257 e. The molecule has 3 rings (SSSR count). The Morgan fingerprint density at radius 1 is 1.52 bits per heavy atom. The Morgan fingerprint density at radius 2 is 2.33 bits per heavy atom. The molecule has 3 N–H and O–H groups in total. The molecule has 1 aromatic heterocycles. The number of benzene rings is 1. The van der Waals surface area contributed by atoms with Gasteiger partial charge in [0.25, 0.3) is 5.91 Å². The molecule has 0 saturated carbocycles. The summed E-state index contributed by atoms with van der Waals surface area (Å²) in [5, 5.41) is 3.21. The van der Waals surface area contributed by atoms with Gasteiger partial charge in [0, 0.05) is 16.5 Å². The van der Waals surface area contributed by atoms with Crippen LogP contribution in [0.1, 0.15) is 27.3 Å². The molecule has 0 saturated heterocycles. The Hall–Kier alpha value is -1.50. The number of aryl methyl sites for hydroxylation is 1. The Kier molecular flexibility index (Phi) is 3.93. The van der Waals surface area contributed by atoms with Crippen molar-refractivity contribution in [1.82, 2.24) is 4.98 Å². The zero-order valence-electron chi connectivity index (χ0n) is 11.0. The SMILES string of the molecule is N[C@H]1CCc2nc(NC(=O)c3ccc(Cl)c(F)c3)sc2C1. The first-order valence-electron chi connectivity index (χ1n) is 6.53. The minimum absolute atomic E-state index is 0.00903. The molecule has 1 aliphatic carbocycles. The van der Waals surface area contributed by atoms with Crippen LogP contribution in [0.15, 0.2) is 18.2 Å². The largest absolute Gasteiger partial charge is 0.327 e. The number of thiazole rings is 1. The van der Waals surface area contributed by atoms with E-state index in [-0.39, 0.29) is 16.6 Å². The minimum Gasteiger partial charge on any atom is -0.327 e. The first kappa shape index (κ1) is 14.4. The molecule has 21 heavy (non-hydrogen) atoms. The molecule has 1 aromatic carbocycles. The van der Waals surface area contributed by atoms with Crippen LogP contribution in [0, 0.1) is 5.82 Å². The number of hydrogen-bond acceptors (Lipinski definition) is 4. The van der Waals surface area contributed by atoms with E-state index in [4.69, 9.17) is 17.3 Å². The first-order chi connectivity index (χ1) is 10.0. The highest BCUT2D eigenvalue weighted by molar-refractivity contribution is 7.15. The fourth-order valence-corrected chi connectivity index (χ4v) is 3.47. The summed E-state index contributed by atoms with van der Waals surface area (Å²) < 4.78 is 13.4. The Bertz CT molecular complexity index is 704. The molecule has 110 valence electrons. The molecular formula is C14H13ClFN3OS. The van der Waals surface area contributed by atoms with Crippen molar-refractivity contribution in [2.45, 2.75) is 25.3 Å². The second-order valence-corrected chi connectivity index (χ2v) is 6.47. The highest BCUT2D eigenvalue weighted by Gasteiger charge is 2.21. The van der Waals surface area contributed by atoms with Crippen LogP contribution in [-0.4, -0.2) is 16.9 Å². The average molecular weight is 326 g/mol. The van der Waals surface area contributed by atoms with Crippen molar-refractivity contribution < 1.29 is 9.18 Å². The molecule has 1 aliphatic rings. The van der Waals surface area contributed by atoms with Crippen LogP contribution in [0.5, 0.6) is 0 Å². The second-order valence-electron chi connectivity index (χ2n) is 4.97. The summed E-state index contributed by atoms with van der Waals surface area (Å²) in [6, 6.07) is 4.11. The zero-order valence-corrected chi connectivity index (χ0v) is 12.6. The number of halogens is 2. The summed E-state index contributed by atoms with van der Waals surface area (Å²) in [5.41, 5.74) is 7.13.